The Morgan fingerprint density at radius 2 is 1.92 bits per heavy atom. The van der Waals surface area contributed by atoms with Crippen molar-refractivity contribution in [3.63, 3.8) is 0 Å². The lowest BCUT2D eigenvalue weighted by atomic mass is 9.69. The molecule has 1 aliphatic heterocycles. The second kappa shape index (κ2) is 14.9. The van der Waals surface area contributed by atoms with E-state index in [0.717, 1.165) is 56.9 Å². The Bertz CT molecular complexity index is 949. The zero-order valence-electron chi connectivity index (χ0n) is 23.4. The number of carbonyl (C=O) groups is 1. The Morgan fingerprint density at radius 3 is 2.58 bits per heavy atom. The minimum absolute atomic E-state index is 0.0334. The molecule has 1 aromatic rings. The van der Waals surface area contributed by atoms with Crippen LogP contribution in [0.1, 0.15) is 96.0 Å². The number of benzene rings is 1. The van der Waals surface area contributed by atoms with Gasteiger partial charge in [0.15, 0.2) is 5.78 Å². The van der Waals surface area contributed by atoms with E-state index in [9.17, 15) is 15.0 Å². The number of carbonyl (C=O) groups excluding carboxylic acids is 1. The number of rotatable bonds is 12. The van der Waals surface area contributed by atoms with Crippen molar-refractivity contribution in [2.45, 2.75) is 108 Å². The average molecular weight is 524 g/mol. The van der Waals surface area contributed by atoms with E-state index >= 15 is 0 Å². The van der Waals surface area contributed by atoms with E-state index in [0.29, 0.717) is 45.2 Å². The number of aliphatic hydroxyl groups is 3. The second-order valence-electron chi connectivity index (χ2n) is 11.7. The normalized spacial score (nSPS) is 26.2. The summed E-state index contributed by atoms with van der Waals surface area (Å²) in [5, 5.41) is 31.2. The van der Waals surface area contributed by atoms with Crippen LogP contribution in [0.4, 0.5) is 0 Å². The zero-order chi connectivity index (χ0) is 27.4. The van der Waals surface area contributed by atoms with Gasteiger partial charge in [-0.15, -0.1) is 6.58 Å². The Labute approximate surface area is 230 Å². The van der Waals surface area contributed by atoms with E-state index < -0.39 is 11.8 Å². The number of allylic oxidation sites excluding steroid dienone is 4. The molecule has 5 nitrogen and oxygen atoms in total. The predicted molar refractivity (Wildman–Crippen MR) is 155 cm³/mol. The summed E-state index contributed by atoms with van der Waals surface area (Å²) in [7, 11) is 0. The summed E-state index contributed by atoms with van der Waals surface area (Å²) in [6.07, 6.45) is 15.3. The molecule has 210 valence electrons. The van der Waals surface area contributed by atoms with Gasteiger partial charge in [0.1, 0.15) is 6.23 Å². The van der Waals surface area contributed by atoms with Crippen LogP contribution in [0.25, 0.3) is 0 Å². The summed E-state index contributed by atoms with van der Waals surface area (Å²) in [5.74, 6) is 0.0462. The van der Waals surface area contributed by atoms with Crippen molar-refractivity contribution in [1.29, 1.82) is 0 Å². The van der Waals surface area contributed by atoms with E-state index in [4.69, 9.17) is 5.11 Å². The maximum atomic E-state index is 12.5. The number of ketones is 1. The summed E-state index contributed by atoms with van der Waals surface area (Å²) in [4.78, 5) is 14.5. The molecule has 0 saturated heterocycles. The molecule has 3 N–H and O–H groups in total. The van der Waals surface area contributed by atoms with E-state index in [1.807, 2.05) is 6.08 Å². The topological polar surface area (TPSA) is 81.0 Å². The molecule has 5 heteroatoms. The van der Waals surface area contributed by atoms with Gasteiger partial charge in [0.25, 0.3) is 0 Å². The highest BCUT2D eigenvalue weighted by Gasteiger charge is 2.36. The maximum Gasteiger partial charge on any atom is 0.156 e. The summed E-state index contributed by atoms with van der Waals surface area (Å²) in [5.41, 5.74) is 2.96. The van der Waals surface area contributed by atoms with Crippen molar-refractivity contribution < 1.29 is 20.1 Å². The van der Waals surface area contributed by atoms with Crippen molar-refractivity contribution in [2.24, 2.45) is 0 Å². The molecule has 1 aliphatic carbocycles. The molecule has 1 saturated carbocycles. The van der Waals surface area contributed by atoms with Gasteiger partial charge in [-0.05, 0) is 94.6 Å². The number of aliphatic hydroxyl groups excluding tert-OH is 2. The SMILES string of the molecule is C=C(C)C[C@]1(c2ccccc2)CC/C=C(\CC2(O)CCC2)CC(O)N(CCC(=O)/C=C/CCCO)CCC1. The first-order valence-electron chi connectivity index (χ1n) is 14.6. The van der Waals surface area contributed by atoms with E-state index in [-0.39, 0.29) is 17.8 Å². The van der Waals surface area contributed by atoms with Crippen molar-refractivity contribution in [3.05, 3.63) is 71.8 Å². The van der Waals surface area contributed by atoms with Gasteiger partial charge in [-0.25, -0.2) is 0 Å². The second-order valence-corrected chi connectivity index (χ2v) is 11.7. The molecule has 1 fully saturated rings. The molecule has 0 radical (unpaired) electrons. The zero-order valence-corrected chi connectivity index (χ0v) is 23.4. The molecule has 0 amide bonds. The van der Waals surface area contributed by atoms with Gasteiger partial charge in [-0.1, -0.05) is 53.6 Å². The van der Waals surface area contributed by atoms with Gasteiger partial charge in [-0.3, -0.25) is 9.69 Å². The van der Waals surface area contributed by atoms with Crippen molar-refractivity contribution in [1.82, 2.24) is 4.90 Å². The van der Waals surface area contributed by atoms with Gasteiger partial charge >= 0.3 is 0 Å². The van der Waals surface area contributed by atoms with Crippen LogP contribution in [0.5, 0.6) is 0 Å². The third-order valence-corrected chi connectivity index (χ3v) is 8.37. The molecule has 3 rings (SSSR count). The first kappa shape index (κ1) is 30.5. The Hall–Kier alpha value is -2.05. The van der Waals surface area contributed by atoms with Gasteiger partial charge in [0.2, 0.25) is 0 Å². The fourth-order valence-electron chi connectivity index (χ4n) is 6.18. The monoisotopic (exact) mass is 523 g/mol. The highest BCUT2D eigenvalue weighted by molar-refractivity contribution is 5.89. The fraction of sp³-hybridized carbons (Fsp3) is 0.606. The summed E-state index contributed by atoms with van der Waals surface area (Å²) in [6, 6.07) is 10.8. The fourth-order valence-corrected chi connectivity index (χ4v) is 6.18. The van der Waals surface area contributed by atoms with Crippen LogP contribution in [0.15, 0.2) is 66.3 Å². The smallest absolute Gasteiger partial charge is 0.156 e. The Morgan fingerprint density at radius 1 is 1.16 bits per heavy atom. The molecule has 1 unspecified atom stereocenters. The van der Waals surface area contributed by atoms with Crippen LogP contribution in [0.2, 0.25) is 0 Å². The van der Waals surface area contributed by atoms with Crippen molar-refractivity contribution >= 4 is 5.78 Å². The lowest BCUT2D eigenvalue weighted by Gasteiger charge is -2.38. The molecule has 0 aromatic heterocycles. The third-order valence-electron chi connectivity index (χ3n) is 8.37. The molecular weight excluding hydrogens is 474 g/mol. The predicted octanol–water partition coefficient (Wildman–Crippen LogP) is 5.99. The quantitative estimate of drug-likeness (QED) is 0.178. The van der Waals surface area contributed by atoms with Crippen LogP contribution in [0, 0.1) is 0 Å². The number of hydrogen-bond donors (Lipinski definition) is 3. The molecule has 2 atom stereocenters. The van der Waals surface area contributed by atoms with Gasteiger partial charge in [0, 0.05) is 32.5 Å². The Balaban J connectivity index is 1.82. The molecule has 2 aliphatic rings. The average Bonchev–Trinajstić information content (AvgIpc) is 2.89. The third kappa shape index (κ3) is 9.30. The molecule has 0 bridgehead atoms. The number of hydrogen-bond acceptors (Lipinski definition) is 5. The standard InChI is InChI=1S/C33H49NO4/c1-27(2)25-32(29-13-5-3-6-14-29)17-9-12-28(26-33(38)19-10-20-33)24-31(37)34(21-11-18-32)22-16-30(36)15-7-4-8-23-35/h3,5-7,12-15,31,35,37-38H,1,4,8-11,16-26H2,2H3/b15-7+,28-12-/t31?,32-/m0/s1. The Kier molecular flexibility index (Phi) is 12.0. The molecule has 1 heterocycles. The van der Waals surface area contributed by atoms with Gasteiger partial charge in [0.05, 0.1) is 5.60 Å². The van der Waals surface area contributed by atoms with Gasteiger partial charge in [-0.2, -0.15) is 0 Å². The highest BCUT2D eigenvalue weighted by Crippen LogP contribution is 2.42. The minimum atomic E-state index is -0.679. The van der Waals surface area contributed by atoms with Crippen LogP contribution in [-0.4, -0.2) is 57.5 Å². The van der Waals surface area contributed by atoms with Crippen molar-refractivity contribution in [3.8, 4) is 0 Å². The highest BCUT2D eigenvalue weighted by atomic mass is 16.3. The van der Waals surface area contributed by atoms with Gasteiger partial charge < -0.3 is 15.3 Å². The largest absolute Gasteiger partial charge is 0.396 e. The molecular formula is C33H49NO4. The first-order chi connectivity index (χ1) is 18.3. The van der Waals surface area contributed by atoms with Crippen LogP contribution in [-0.2, 0) is 10.2 Å². The maximum absolute atomic E-state index is 12.5. The van der Waals surface area contributed by atoms with E-state index in [1.165, 1.54) is 11.1 Å². The lowest BCUT2D eigenvalue weighted by Crippen LogP contribution is -2.40. The summed E-state index contributed by atoms with van der Waals surface area (Å²) < 4.78 is 0. The van der Waals surface area contributed by atoms with Crippen molar-refractivity contribution in [2.75, 3.05) is 19.7 Å². The number of nitrogens with zero attached hydrogens (tertiary/aromatic N) is 1. The first-order valence-corrected chi connectivity index (χ1v) is 14.6. The lowest BCUT2D eigenvalue weighted by molar-refractivity contribution is -0.115. The molecule has 0 spiro atoms. The minimum Gasteiger partial charge on any atom is -0.396 e. The number of unbranched alkanes of at least 4 members (excludes halogenated alkanes) is 1. The molecule has 1 aromatic carbocycles. The van der Waals surface area contributed by atoms with Crippen LogP contribution >= 0.6 is 0 Å². The molecule has 38 heavy (non-hydrogen) atoms. The van der Waals surface area contributed by atoms with Crippen LogP contribution < -0.4 is 0 Å². The van der Waals surface area contributed by atoms with Crippen LogP contribution in [0.3, 0.4) is 0 Å². The summed E-state index contributed by atoms with van der Waals surface area (Å²) >= 11 is 0. The van der Waals surface area contributed by atoms with E-state index in [2.05, 4.69) is 54.8 Å². The summed E-state index contributed by atoms with van der Waals surface area (Å²) in [6.45, 7) is 7.72. The van der Waals surface area contributed by atoms with E-state index in [1.54, 1.807) is 6.08 Å².